The predicted octanol–water partition coefficient (Wildman–Crippen LogP) is 5.62. The van der Waals surface area contributed by atoms with Gasteiger partial charge in [0.05, 0.1) is 15.4 Å². The van der Waals surface area contributed by atoms with Crippen molar-refractivity contribution in [2.24, 2.45) is 0 Å². The Morgan fingerprint density at radius 1 is 0.853 bits per heavy atom. The molecule has 1 aliphatic rings. The van der Waals surface area contributed by atoms with Gasteiger partial charge in [-0.3, -0.25) is 4.90 Å². The third kappa shape index (κ3) is 4.35. The van der Waals surface area contributed by atoms with Crippen LogP contribution in [-0.2, 0) is 35.4 Å². The fourth-order valence-electron chi connectivity index (χ4n) is 4.56. The Kier molecular flexibility index (Phi) is 5.73. The highest BCUT2D eigenvalue weighted by Crippen LogP contribution is 2.33. The molecule has 3 aromatic carbocycles. The highest BCUT2D eigenvalue weighted by atomic mass is 32.2. The number of nitrogens with one attached hydrogen (secondary N) is 1. The SMILES string of the molecule is O=S(=O)(c1ccc(C(F)(F)F)cc1)c1ccc2[nH]c3c(c2c1)CCN(Cc1ccccc1)CC3. The normalized spacial score (nSPS) is 15.3. The molecule has 0 bridgehead atoms. The Balaban J connectivity index is 1.42. The maximum atomic E-state index is 13.2. The lowest BCUT2D eigenvalue weighted by Gasteiger charge is -2.19. The van der Waals surface area contributed by atoms with Crippen LogP contribution in [-0.4, -0.2) is 31.4 Å². The zero-order valence-corrected chi connectivity index (χ0v) is 19.1. The van der Waals surface area contributed by atoms with E-state index in [1.165, 1.54) is 11.6 Å². The highest BCUT2D eigenvalue weighted by Gasteiger charge is 2.31. The first kappa shape index (κ1) is 22.7. The fourth-order valence-corrected chi connectivity index (χ4v) is 5.85. The fraction of sp³-hybridized carbons (Fsp3) is 0.231. The van der Waals surface area contributed by atoms with E-state index in [0.29, 0.717) is 0 Å². The van der Waals surface area contributed by atoms with Crippen LogP contribution in [0.3, 0.4) is 0 Å². The third-order valence-corrected chi connectivity index (χ3v) is 8.14. The summed E-state index contributed by atoms with van der Waals surface area (Å²) in [6.45, 7) is 2.60. The molecular formula is C26H23F3N2O2S. The minimum atomic E-state index is -4.52. The van der Waals surface area contributed by atoms with E-state index in [4.69, 9.17) is 0 Å². The zero-order chi connectivity index (χ0) is 23.9. The Hall–Kier alpha value is -3.10. The lowest BCUT2D eigenvalue weighted by molar-refractivity contribution is -0.137. The van der Waals surface area contributed by atoms with Crippen LogP contribution in [0, 0.1) is 0 Å². The molecule has 34 heavy (non-hydrogen) atoms. The summed E-state index contributed by atoms with van der Waals surface area (Å²) >= 11 is 0. The van der Waals surface area contributed by atoms with Crippen molar-refractivity contribution in [2.45, 2.75) is 35.4 Å². The van der Waals surface area contributed by atoms with Crippen LogP contribution in [0.5, 0.6) is 0 Å². The predicted molar refractivity (Wildman–Crippen MR) is 124 cm³/mol. The van der Waals surface area contributed by atoms with Gasteiger partial charge in [0.25, 0.3) is 0 Å². The lowest BCUT2D eigenvalue weighted by atomic mass is 10.1. The number of H-pyrrole nitrogens is 1. The first-order chi connectivity index (χ1) is 16.2. The van der Waals surface area contributed by atoms with Crippen molar-refractivity contribution < 1.29 is 21.6 Å². The van der Waals surface area contributed by atoms with Gasteiger partial charge in [-0.15, -0.1) is 0 Å². The second kappa shape index (κ2) is 8.60. The van der Waals surface area contributed by atoms with Gasteiger partial charge in [-0.05, 0) is 60.0 Å². The van der Waals surface area contributed by atoms with Gasteiger partial charge < -0.3 is 4.98 Å². The summed E-state index contributed by atoms with van der Waals surface area (Å²) in [5, 5.41) is 0.851. The van der Waals surface area contributed by atoms with Crippen molar-refractivity contribution in [3.05, 3.63) is 95.2 Å². The molecule has 0 saturated carbocycles. The van der Waals surface area contributed by atoms with Crippen LogP contribution >= 0.6 is 0 Å². The summed E-state index contributed by atoms with van der Waals surface area (Å²) in [7, 11) is -3.95. The molecule has 1 aromatic heterocycles. The number of hydrogen-bond acceptors (Lipinski definition) is 3. The monoisotopic (exact) mass is 484 g/mol. The molecule has 0 radical (unpaired) electrons. The van der Waals surface area contributed by atoms with Crippen LogP contribution in [0.4, 0.5) is 13.2 Å². The van der Waals surface area contributed by atoms with Crippen molar-refractivity contribution in [3.8, 4) is 0 Å². The van der Waals surface area contributed by atoms with E-state index in [0.717, 1.165) is 78.9 Å². The molecule has 0 aliphatic carbocycles. The highest BCUT2D eigenvalue weighted by molar-refractivity contribution is 7.91. The minimum absolute atomic E-state index is 0.0759. The molecule has 0 spiro atoms. The first-order valence-electron chi connectivity index (χ1n) is 11.0. The van der Waals surface area contributed by atoms with E-state index in [1.807, 2.05) is 18.2 Å². The summed E-state index contributed by atoms with van der Waals surface area (Å²) in [4.78, 5) is 5.74. The second-order valence-corrected chi connectivity index (χ2v) is 10.5. The van der Waals surface area contributed by atoms with Crippen molar-refractivity contribution >= 4 is 20.7 Å². The number of aromatic amines is 1. The third-order valence-electron chi connectivity index (χ3n) is 6.37. The van der Waals surface area contributed by atoms with Crippen LogP contribution in [0.2, 0.25) is 0 Å². The van der Waals surface area contributed by atoms with E-state index in [1.54, 1.807) is 12.1 Å². The first-order valence-corrected chi connectivity index (χ1v) is 12.5. The van der Waals surface area contributed by atoms with Gasteiger partial charge >= 0.3 is 6.18 Å². The van der Waals surface area contributed by atoms with Gasteiger partial charge in [0, 0.05) is 42.7 Å². The Morgan fingerprint density at radius 3 is 2.24 bits per heavy atom. The summed E-state index contributed by atoms with van der Waals surface area (Å²) in [5.41, 5.74) is 3.46. The Bertz CT molecular complexity index is 1430. The number of sulfone groups is 1. The van der Waals surface area contributed by atoms with Gasteiger partial charge in [-0.25, -0.2) is 8.42 Å². The van der Waals surface area contributed by atoms with Gasteiger partial charge in [-0.2, -0.15) is 13.2 Å². The Labute approximate surface area is 196 Å². The molecule has 4 nitrogen and oxygen atoms in total. The summed E-state index contributed by atoms with van der Waals surface area (Å²) < 4.78 is 64.9. The average Bonchev–Trinajstić information content (AvgIpc) is 3.05. The average molecular weight is 485 g/mol. The topological polar surface area (TPSA) is 53.2 Å². The molecule has 0 unspecified atom stereocenters. The minimum Gasteiger partial charge on any atom is -0.358 e. The van der Waals surface area contributed by atoms with Crippen molar-refractivity contribution in [3.63, 3.8) is 0 Å². The van der Waals surface area contributed by atoms with Crippen molar-refractivity contribution in [1.29, 1.82) is 0 Å². The van der Waals surface area contributed by atoms with Crippen LogP contribution in [0.15, 0.2) is 82.6 Å². The quantitative estimate of drug-likeness (QED) is 0.409. The van der Waals surface area contributed by atoms with E-state index < -0.39 is 21.6 Å². The molecule has 0 atom stereocenters. The van der Waals surface area contributed by atoms with Gasteiger partial charge in [0.2, 0.25) is 9.84 Å². The summed E-state index contributed by atoms with van der Waals surface area (Å²) in [6, 6.07) is 18.8. The van der Waals surface area contributed by atoms with Gasteiger partial charge in [0.15, 0.2) is 0 Å². The van der Waals surface area contributed by atoms with Crippen molar-refractivity contribution in [1.82, 2.24) is 9.88 Å². The standard InChI is InChI=1S/C26H23F3N2O2S/c27-26(28,29)19-6-8-20(9-7-19)34(32,33)21-10-11-24-23(16-21)22-12-14-31(15-13-25(22)30-24)17-18-4-2-1-3-5-18/h1-11,16,30H,12-15,17H2. The molecule has 0 fully saturated rings. The van der Waals surface area contributed by atoms with Crippen LogP contribution in [0.1, 0.15) is 22.4 Å². The number of benzene rings is 3. The number of fused-ring (bicyclic) bond motifs is 3. The number of aromatic nitrogens is 1. The molecule has 4 aromatic rings. The molecule has 0 amide bonds. The van der Waals surface area contributed by atoms with E-state index in [9.17, 15) is 21.6 Å². The van der Waals surface area contributed by atoms with Crippen LogP contribution < -0.4 is 0 Å². The zero-order valence-electron chi connectivity index (χ0n) is 18.3. The maximum Gasteiger partial charge on any atom is 0.416 e. The smallest absolute Gasteiger partial charge is 0.358 e. The summed E-state index contributed by atoms with van der Waals surface area (Å²) in [6.07, 6.45) is -2.90. The number of alkyl halides is 3. The Morgan fingerprint density at radius 2 is 1.53 bits per heavy atom. The largest absolute Gasteiger partial charge is 0.416 e. The van der Waals surface area contributed by atoms with E-state index in [-0.39, 0.29) is 9.79 Å². The number of hydrogen-bond donors (Lipinski definition) is 1. The van der Waals surface area contributed by atoms with Gasteiger partial charge in [0.1, 0.15) is 0 Å². The molecule has 176 valence electrons. The molecule has 0 saturated heterocycles. The second-order valence-electron chi connectivity index (χ2n) is 8.58. The maximum absolute atomic E-state index is 13.2. The van der Waals surface area contributed by atoms with Gasteiger partial charge in [-0.1, -0.05) is 30.3 Å². The van der Waals surface area contributed by atoms with E-state index >= 15 is 0 Å². The number of nitrogens with zero attached hydrogens (tertiary/aromatic N) is 1. The summed E-state index contributed by atoms with van der Waals surface area (Å²) in [5.74, 6) is 0. The number of rotatable bonds is 4. The molecule has 1 aliphatic heterocycles. The molecule has 8 heteroatoms. The molecule has 5 rings (SSSR count). The van der Waals surface area contributed by atoms with Crippen LogP contribution in [0.25, 0.3) is 10.9 Å². The number of halogens is 3. The van der Waals surface area contributed by atoms with E-state index in [2.05, 4.69) is 22.0 Å². The van der Waals surface area contributed by atoms with Crippen molar-refractivity contribution in [2.75, 3.05) is 13.1 Å². The molecule has 1 N–H and O–H groups in total. The lowest BCUT2D eigenvalue weighted by Crippen LogP contribution is -2.26. The molecular weight excluding hydrogens is 461 g/mol. The molecule has 2 heterocycles.